The Morgan fingerprint density at radius 1 is 1.35 bits per heavy atom. The molecule has 1 aromatic heterocycles. The Kier molecular flexibility index (Phi) is 3.29. The van der Waals surface area contributed by atoms with Crippen LogP contribution in [0.2, 0.25) is 0 Å². The summed E-state index contributed by atoms with van der Waals surface area (Å²) in [6, 6.07) is 4.83. The van der Waals surface area contributed by atoms with E-state index in [0.29, 0.717) is 26.3 Å². The Morgan fingerprint density at radius 3 is 2.80 bits per heavy atom. The van der Waals surface area contributed by atoms with Crippen molar-refractivity contribution in [2.45, 2.75) is 26.7 Å². The molecule has 1 aliphatic carbocycles. The highest BCUT2D eigenvalue weighted by Gasteiger charge is 2.34. The minimum absolute atomic E-state index is 0.0676. The normalized spacial score (nSPS) is 17.1. The lowest BCUT2D eigenvalue weighted by Gasteiger charge is -2.26. The molecule has 1 heterocycles. The zero-order valence-corrected chi connectivity index (χ0v) is 13.6. The molecule has 0 unspecified atom stereocenters. The molecular weight excluding hydrogens is 341 g/mol. The van der Waals surface area contributed by atoms with Crippen LogP contribution in [0.25, 0.3) is 10.6 Å². The molecule has 104 valence electrons. The minimum Gasteiger partial charge on any atom is -0.293 e. The Labute approximate surface area is 129 Å². The number of fused-ring (bicyclic) bond motifs is 1. The first kappa shape index (κ1) is 13.9. The Morgan fingerprint density at radius 2 is 2.10 bits per heavy atom. The lowest BCUT2D eigenvalue weighted by molar-refractivity contribution is 0.0916. The van der Waals surface area contributed by atoms with E-state index in [1.165, 1.54) is 17.4 Å². The second-order valence-corrected chi connectivity index (χ2v) is 7.69. The van der Waals surface area contributed by atoms with Gasteiger partial charge in [-0.15, -0.1) is 11.3 Å². The van der Waals surface area contributed by atoms with Crippen LogP contribution in [0, 0.1) is 11.2 Å². The van der Waals surface area contributed by atoms with Gasteiger partial charge in [0.05, 0.1) is 16.1 Å². The van der Waals surface area contributed by atoms with Gasteiger partial charge in [-0.05, 0) is 39.9 Å². The lowest BCUT2D eigenvalue weighted by atomic mass is 9.78. The standard InChI is InChI=1S/C15H13BrFNOS/c1-15(2)6-10-13(11(19)7-15)20-14(18-10)12-8(16)4-3-5-9(12)17/h3-5H,6-7H2,1-2H3. The first-order valence-corrected chi connectivity index (χ1v) is 7.96. The smallest absolute Gasteiger partial charge is 0.175 e. The third-order valence-electron chi connectivity index (χ3n) is 3.41. The quantitative estimate of drug-likeness (QED) is 0.732. The Hall–Kier alpha value is -1.07. The number of ketones is 1. The monoisotopic (exact) mass is 353 g/mol. The van der Waals surface area contributed by atoms with Gasteiger partial charge in [-0.25, -0.2) is 9.37 Å². The van der Waals surface area contributed by atoms with E-state index in [0.717, 1.165) is 12.1 Å². The van der Waals surface area contributed by atoms with Crippen LogP contribution in [0.1, 0.15) is 35.6 Å². The molecule has 0 bridgehead atoms. The van der Waals surface area contributed by atoms with E-state index in [-0.39, 0.29) is 17.0 Å². The van der Waals surface area contributed by atoms with Gasteiger partial charge < -0.3 is 0 Å². The van der Waals surface area contributed by atoms with Gasteiger partial charge in [-0.3, -0.25) is 4.79 Å². The van der Waals surface area contributed by atoms with Crippen molar-refractivity contribution in [2.75, 3.05) is 0 Å². The van der Waals surface area contributed by atoms with Crippen LogP contribution in [0.4, 0.5) is 4.39 Å². The predicted octanol–water partition coefficient (Wildman–Crippen LogP) is 4.87. The minimum atomic E-state index is -0.322. The van der Waals surface area contributed by atoms with Crippen LogP contribution >= 0.6 is 27.3 Å². The van der Waals surface area contributed by atoms with E-state index >= 15 is 0 Å². The van der Waals surface area contributed by atoms with Crippen molar-refractivity contribution in [3.8, 4) is 10.6 Å². The fourth-order valence-electron chi connectivity index (χ4n) is 2.53. The molecule has 2 aromatic rings. The number of rotatable bonds is 1. The summed E-state index contributed by atoms with van der Waals surface area (Å²) in [6.45, 7) is 4.12. The number of halogens is 2. The van der Waals surface area contributed by atoms with Crippen molar-refractivity contribution in [3.63, 3.8) is 0 Å². The van der Waals surface area contributed by atoms with Gasteiger partial charge in [-0.2, -0.15) is 0 Å². The summed E-state index contributed by atoms with van der Waals surface area (Å²) in [5.41, 5.74) is 1.18. The zero-order valence-electron chi connectivity index (χ0n) is 11.2. The van der Waals surface area contributed by atoms with Crippen LogP contribution in [0.5, 0.6) is 0 Å². The van der Waals surface area contributed by atoms with E-state index in [1.807, 2.05) is 0 Å². The molecular formula is C15H13BrFNOS. The summed E-state index contributed by atoms with van der Waals surface area (Å²) in [5, 5.41) is 0.575. The zero-order chi connectivity index (χ0) is 14.5. The summed E-state index contributed by atoms with van der Waals surface area (Å²) in [4.78, 5) is 17.4. The molecule has 1 aliphatic rings. The number of aromatic nitrogens is 1. The second kappa shape index (κ2) is 4.74. The van der Waals surface area contributed by atoms with E-state index in [2.05, 4.69) is 34.8 Å². The number of carbonyl (C=O) groups is 1. The number of carbonyl (C=O) groups excluding carboxylic acids is 1. The third-order valence-corrected chi connectivity index (χ3v) is 5.23. The van der Waals surface area contributed by atoms with E-state index < -0.39 is 0 Å². The maximum atomic E-state index is 14.0. The van der Waals surface area contributed by atoms with Gasteiger partial charge in [0.2, 0.25) is 0 Å². The predicted molar refractivity (Wildman–Crippen MR) is 81.6 cm³/mol. The number of Topliss-reactive ketones (excluding diaryl/α,β-unsaturated/α-hetero) is 1. The van der Waals surface area contributed by atoms with Crippen LogP contribution in [0.3, 0.4) is 0 Å². The maximum absolute atomic E-state index is 14.0. The van der Waals surface area contributed by atoms with E-state index in [9.17, 15) is 9.18 Å². The molecule has 20 heavy (non-hydrogen) atoms. The number of hydrogen-bond donors (Lipinski definition) is 0. The van der Waals surface area contributed by atoms with Crippen LogP contribution in [-0.4, -0.2) is 10.8 Å². The molecule has 0 radical (unpaired) electrons. The summed E-state index contributed by atoms with van der Waals surface area (Å²) in [6.07, 6.45) is 1.29. The number of thiazole rings is 1. The van der Waals surface area contributed by atoms with Crippen LogP contribution < -0.4 is 0 Å². The third kappa shape index (κ3) is 2.33. The molecule has 0 spiro atoms. The van der Waals surface area contributed by atoms with E-state index in [1.54, 1.807) is 12.1 Å². The van der Waals surface area contributed by atoms with Crippen molar-refractivity contribution in [3.05, 3.63) is 39.1 Å². The van der Waals surface area contributed by atoms with Gasteiger partial charge in [-0.1, -0.05) is 19.9 Å². The van der Waals surface area contributed by atoms with Gasteiger partial charge in [0.15, 0.2) is 5.78 Å². The second-order valence-electron chi connectivity index (χ2n) is 5.83. The molecule has 0 aliphatic heterocycles. The highest BCUT2D eigenvalue weighted by Crippen LogP contribution is 2.41. The van der Waals surface area contributed by atoms with Crippen molar-refractivity contribution < 1.29 is 9.18 Å². The molecule has 0 saturated carbocycles. The van der Waals surface area contributed by atoms with Crippen molar-refractivity contribution in [1.29, 1.82) is 0 Å². The fraction of sp³-hybridized carbons (Fsp3) is 0.333. The van der Waals surface area contributed by atoms with Crippen LogP contribution in [-0.2, 0) is 6.42 Å². The molecule has 3 rings (SSSR count). The summed E-state index contributed by atoms with van der Waals surface area (Å²) < 4.78 is 14.7. The first-order valence-electron chi connectivity index (χ1n) is 6.35. The van der Waals surface area contributed by atoms with Gasteiger partial charge in [0.25, 0.3) is 0 Å². The fourth-order valence-corrected chi connectivity index (χ4v) is 4.27. The molecule has 0 amide bonds. The molecule has 5 heteroatoms. The summed E-state index contributed by atoms with van der Waals surface area (Å²) >= 11 is 4.65. The van der Waals surface area contributed by atoms with Gasteiger partial charge in [0.1, 0.15) is 10.8 Å². The molecule has 0 N–H and O–H groups in total. The maximum Gasteiger partial charge on any atom is 0.175 e. The highest BCUT2D eigenvalue weighted by molar-refractivity contribution is 9.10. The van der Waals surface area contributed by atoms with Gasteiger partial charge in [0, 0.05) is 10.9 Å². The molecule has 2 nitrogen and oxygen atoms in total. The Bertz CT molecular complexity index is 688. The lowest BCUT2D eigenvalue weighted by Crippen LogP contribution is -2.25. The first-order chi connectivity index (χ1) is 9.37. The average molecular weight is 354 g/mol. The summed E-state index contributed by atoms with van der Waals surface area (Å²) in [7, 11) is 0. The SMILES string of the molecule is CC1(C)CC(=O)c2sc(-c3c(F)cccc3Br)nc2C1. The molecule has 0 saturated heterocycles. The Balaban J connectivity index is 2.13. The number of nitrogens with zero attached hydrogens (tertiary/aromatic N) is 1. The molecule has 0 fully saturated rings. The topological polar surface area (TPSA) is 30.0 Å². The number of hydrogen-bond acceptors (Lipinski definition) is 3. The molecule has 1 aromatic carbocycles. The van der Waals surface area contributed by atoms with Crippen LogP contribution in [0.15, 0.2) is 22.7 Å². The average Bonchev–Trinajstić information content (AvgIpc) is 2.70. The summed E-state index contributed by atoms with van der Waals surface area (Å²) in [5.74, 6) is -0.204. The van der Waals surface area contributed by atoms with Gasteiger partial charge >= 0.3 is 0 Å². The largest absolute Gasteiger partial charge is 0.293 e. The van der Waals surface area contributed by atoms with Crippen molar-refractivity contribution in [1.82, 2.24) is 4.98 Å². The van der Waals surface area contributed by atoms with Crippen molar-refractivity contribution in [2.24, 2.45) is 5.41 Å². The highest BCUT2D eigenvalue weighted by atomic mass is 79.9. The van der Waals surface area contributed by atoms with Crippen molar-refractivity contribution >= 4 is 33.0 Å². The van der Waals surface area contributed by atoms with E-state index in [4.69, 9.17) is 0 Å². The number of benzene rings is 1. The molecule has 0 atom stereocenters.